The number of aryl methyl sites for hydroxylation is 1. The summed E-state index contributed by atoms with van der Waals surface area (Å²) in [6.45, 7) is 4.80. The van der Waals surface area contributed by atoms with Crippen LogP contribution in [0, 0.1) is 12.8 Å². The molecule has 1 amide bonds. The number of rotatable bonds is 6. The van der Waals surface area contributed by atoms with Crippen LogP contribution in [0.5, 0.6) is 5.75 Å². The van der Waals surface area contributed by atoms with Crippen LogP contribution in [0.25, 0.3) is 0 Å². The van der Waals surface area contributed by atoms with Gasteiger partial charge in [-0.15, -0.1) is 0 Å². The molecule has 3 rings (SSSR count). The topological polar surface area (TPSA) is 29.5 Å². The SMILES string of the molecule is COc1cc(C(=O)N(Cc2ccccc2)C(C)C2CC2)ccc1C. The van der Waals surface area contributed by atoms with Crippen molar-refractivity contribution < 1.29 is 9.53 Å². The molecule has 1 aliphatic rings. The van der Waals surface area contributed by atoms with Crippen LogP contribution < -0.4 is 4.74 Å². The van der Waals surface area contributed by atoms with Crippen LogP contribution in [0.1, 0.15) is 41.3 Å². The van der Waals surface area contributed by atoms with E-state index in [1.807, 2.05) is 48.2 Å². The number of amides is 1. The Balaban J connectivity index is 1.88. The monoisotopic (exact) mass is 323 g/mol. The van der Waals surface area contributed by atoms with E-state index in [4.69, 9.17) is 4.74 Å². The Labute approximate surface area is 144 Å². The normalized spacial score (nSPS) is 15.0. The Morgan fingerprint density at radius 3 is 2.54 bits per heavy atom. The fraction of sp³-hybridized carbons (Fsp3) is 0.381. The predicted molar refractivity (Wildman–Crippen MR) is 96.2 cm³/mol. The highest BCUT2D eigenvalue weighted by Gasteiger charge is 2.34. The highest BCUT2D eigenvalue weighted by Crippen LogP contribution is 2.36. The molecule has 0 aromatic heterocycles. The molecule has 1 unspecified atom stereocenters. The molecule has 0 spiro atoms. The molecule has 1 aliphatic carbocycles. The van der Waals surface area contributed by atoms with Gasteiger partial charge < -0.3 is 9.64 Å². The van der Waals surface area contributed by atoms with Gasteiger partial charge in [0, 0.05) is 18.2 Å². The van der Waals surface area contributed by atoms with Gasteiger partial charge in [0.1, 0.15) is 5.75 Å². The third-order valence-corrected chi connectivity index (χ3v) is 4.91. The van der Waals surface area contributed by atoms with Crippen LogP contribution in [0.2, 0.25) is 0 Å². The number of carbonyl (C=O) groups is 1. The zero-order valence-electron chi connectivity index (χ0n) is 14.7. The summed E-state index contributed by atoms with van der Waals surface area (Å²) in [6.07, 6.45) is 2.44. The van der Waals surface area contributed by atoms with E-state index in [1.165, 1.54) is 12.8 Å². The van der Waals surface area contributed by atoms with Gasteiger partial charge in [-0.25, -0.2) is 0 Å². The van der Waals surface area contributed by atoms with Gasteiger partial charge in [-0.3, -0.25) is 4.79 Å². The maximum Gasteiger partial charge on any atom is 0.254 e. The molecule has 0 N–H and O–H groups in total. The number of hydrogen-bond donors (Lipinski definition) is 0. The summed E-state index contributed by atoms with van der Waals surface area (Å²) < 4.78 is 5.38. The molecule has 126 valence electrons. The van der Waals surface area contributed by atoms with Crippen LogP contribution in [0.15, 0.2) is 48.5 Å². The van der Waals surface area contributed by atoms with Crippen molar-refractivity contribution in [2.24, 2.45) is 5.92 Å². The average molecular weight is 323 g/mol. The molecule has 0 radical (unpaired) electrons. The van der Waals surface area contributed by atoms with Gasteiger partial charge in [0.2, 0.25) is 0 Å². The second-order valence-electron chi connectivity index (χ2n) is 6.68. The Morgan fingerprint density at radius 2 is 1.92 bits per heavy atom. The summed E-state index contributed by atoms with van der Waals surface area (Å²) in [5, 5.41) is 0. The number of ether oxygens (including phenoxy) is 1. The van der Waals surface area contributed by atoms with Crippen LogP contribution in [0.4, 0.5) is 0 Å². The minimum atomic E-state index is 0.0801. The van der Waals surface area contributed by atoms with Crippen molar-refractivity contribution >= 4 is 5.91 Å². The minimum absolute atomic E-state index is 0.0801. The largest absolute Gasteiger partial charge is 0.496 e. The van der Waals surface area contributed by atoms with Crippen molar-refractivity contribution in [1.29, 1.82) is 0 Å². The molecular formula is C21H25NO2. The summed E-state index contributed by atoms with van der Waals surface area (Å²) in [6, 6.07) is 16.2. The number of benzene rings is 2. The lowest BCUT2D eigenvalue weighted by Crippen LogP contribution is -2.39. The van der Waals surface area contributed by atoms with E-state index < -0.39 is 0 Å². The van der Waals surface area contributed by atoms with Crippen molar-refractivity contribution in [2.45, 2.75) is 39.3 Å². The first kappa shape index (κ1) is 16.6. The van der Waals surface area contributed by atoms with Crippen molar-refractivity contribution in [3.05, 3.63) is 65.2 Å². The molecule has 24 heavy (non-hydrogen) atoms. The average Bonchev–Trinajstić information content (AvgIpc) is 3.45. The van der Waals surface area contributed by atoms with E-state index in [9.17, 15) is 4.79 Å². The lowest BCUT2D eigenvalue weighted by atomic mass is 10.1. The predicted octanol–water partition coefficient (Wildman–Crippen LogP) is 4.44. The Kier molecular flexibility index (Phi) is 4.89. The smallest absolute Gasteiger partial charge is 0.254 e. The van der Waals surface area contributed by atoms with Gasteiger partial charge in [0.25, 0.3) is 5.91 Å². The third kappa shape index (κ3) is 3.61. The summed E-state index contributed by atoms with van der Waals surface area (Å²) in [5.41, 5.74) is 2.90. The fourth-order valence-electron chi connectivity index (χ4n) is 3.13. The third-order valence-electron chi connectivity index (χ3n) is 4.91. The number of nitrogens with zero attached hydrogens (tertiary/aromatic N) is 1. The molecule has 2 aromatic rings. The molecular weight excluding hydrogens is 298 g/mol. The maximum atomic E-state index is 13.2. The summed E-state index contributed by atoms with van der Waals surface area (Å²) in [5.74, 6) is 1.47. The van der Waals surface area contributed by atoms with Crippen LogP contribution in [0.3, 0.4) is 0 Å². The van der Waals surface area contributed by atoms with Gasteiger partial charge in [-0.05, 0) is 55.9 Å². The molecule has 0 heterocycles. The van der Waals surface area contributed by atoms with Crippen molar-refractivity contribution in [3.8, 4) is 5.75 Å². The maximum absolute atomic E-state index is 13.2. The first-order chi connectivity index (χ1) is 11.6. The molecule has 0 saturated heterocycles. The molecule has 3 nitrogen and oxygen atoms in total. The number of carbonyl (C=O) groups excluding carboxylic acids is 1. The quantitative estimate of drug-likeness (QED) is 0.786. The van der Waals surface area contributed by atoms with Crippen LogP contribution in [-0.4, -0.2) is 24.0 Å². The highest BCUT2D eigenvalue weighted by atomic mass is 16.5. The molecule has 1 saturated carbocycles. The Morgan fingerprint density at radius 1 is 1.21 bits per heavy atom. The lowest BCUT2D eigenvalue weighted by Gasteiger charge is -2.30. The highest BCUT2D eigenvalue weighted by molar-refractivity contribution is 5.95. The van der Waals surface area contributed by atoms with E-state index in [2.05, 4.69) is 19.1 Å². The summed E-state index contributed by atoms with van der Waals surface area (Å²) in [7, 11) is 1.64. The Bertz CT molecular complexity index is 707. The fourth-order valence-corrected chi connectivity index (χ4v) is 3.13. The van der Waals surface area contributed by atoms with Gasteiger partial charge >= 0.3 is 0 Å². The molecule has 3 heteroatoms. The second kappa shape index (κ2) is 7.08. The van der Waals surface area contributed by atoms with Crippen molar-refractivity contribution in [3.63, 3.8) is 0 Å². The summed E-state index contributed by atoms with van der Waals surface area (Å²) >= 11 is 0. The van der Waals surface area contributed by atoms with E-state index in [0.717, 1.165) is 16.9 Å². The van der Waals surface area contributed by atoms with E-state index >= 15 is 0 Å². The Hall–Kier alpha value is -2.29. The zero-order chi connectivity index (χ0) is 17.1. The van der Waals surface area contributed by atoms with E-state index in [-0.39, 0.29) is 11.9 Å². The minimum Gasteiger partial charge on any atom is -0.496 e. The number of methoxy groups -OCH3 is 1. The van der Waals surface area contributed by atoms with Crippen molar-refractivity contribution in [1.82, 2.24) is 4.90 Å². The van der Waals surface area contributed by atoms with Gasteiger partial charge in [-0.2, -0.15) is 0 Å². The number of hydrogen-bond acceptors (Lipinski definition) is 2. The molecule has 1 atom stereocenters. The van der Waals surface area contributed by atoms with Gasteiger partial charge in [-0.1, -0.05) is 36.4 Å². The second-order valence-corrected chi connectivity index (χ2v) is 6.68. The standard InChI is InChI=1S/C21H25NO2/c1-15-9-10-19(13-20(15)24-3)21(23)22(16(2)18-11-12-18)14-17-7-5-4-6-8-17/h4-10,13,16,18H,11-12,14H2,1-3H3. The molecule has 2 aromatic carbocycles. The van der Waals surface area contributed by atoms with E-state index in [1.54, 1.807) is 7.11 Å². The first-order valence-electron chi connectivity index (χ1n) is 8.59. The first-order valence-corrected chi connectivity index (χ1v) is 8.59. The zero-order valence-corrected chi connectivity index (χ0v) is 14.7. The molecule has 0 bridgehead atoms. The molecule has 0 aliphatic heterocycles. The lowest BCUT2D eigenvalue weighted by molar-refractivity contribution is 0.0654. The molecule has 1 fully saturated rings. The van der Waals surface area contributed by atoms with Crippen LogP contribution in [-0.2, 0) is 6.54 Å². The summed E-state index contributed by atoms with van der Waals surface area (Å²) in [4.78, 5) is 15.2. The van der Waals surface area contributed by atoms with E-state index in [0.29, 0.717) is 18.0 Å². The van der Waals surface area contributed by atoms with Gasteiger partial charge in [0.15, 0.2) is 0 Å². The van der Waals surface area contributed by atoms with Crippen molar-refractivity contribution in [2.75, 3.05) is 7.11 Å². The van der Waals surface area contributed by atoms with Crippen LogP contribution >= 0.6 is 0 Å². The van der Waals surface area contributed by atoms with Gasteiger partial charge in [0.05, 0.1) is 7.11 Å².